The van der Waals surface area contributed by atoms with Crippen LogP contribution in [-0.2, 0) is 9.53 Å². The summed E-state index contributed by atoms with van der Waals surface area (Å²) in [5.41, 5.74) is 0.675. The van der Waals surface area contributed by atoms with E-state index in [0.717, 1.165) is 13.1 Å². The van der Waals surface area contributed by atoms with Crippen LogP contribution in [0.1, 0.15) is 43.0 Å². The van der Waals surface area contributed by atoms with Crippen LogP contribution in [0.25, 0.3) is 0 Å². The third-order valence-electron chi connectivity index (χ3n) is 4.07. The Hall–Kier alpha value is -1.68. The first kappa shape index (κ1) is 16.7. The summed E-state index contributed by atoms with van der Waals surface area (Å²) < 4.78 is 5.04. The molecule has 0 radical (unpaired) electrons. The molecule has 0 N–H and O–H groups in total. The van der Waals surface area contributed by atoms with Crippen LogP contribution < -0.4 is 0 Å². The zero-order valence-electron chi connectivity index (χ0n) is 13.3. The fourth-order valence-corrected chi connectivity index (χ4v) is 2.95. The lowest BCUT2D eigenvalue weighted by Crippen LogP contribution is -2.38. The van der Waals surface area contributed by atoms with Crippen LogP contribution >= 0.6 is 0 Å². The van der Waals surface area contributed by atoms with Crippen LogP contribution in [0.4, 0.5) is 0 Å². The van der Waals surface area contributed by atoms with Crippen LogP contribution in [0.15, 0.2) is 30.3 Å². The Bertz CT molecular complexity index is 480. The Morgan fingerprint density at radius 1 is 1.14 bits per heavy atom. The molecular formula is C18H25NO3. The molecule has 0 saturated carbocycles. The number of nitrogens with zero attached hydrogens (tertiary/aromatic N) is 1. The van der Waals surface area contributed by atoms with Crippen molar-refractivity contribution in [1.29, 1.82) is 0 Å². The molecule has 1 fully saturated rings. The van der Waals surface area contributed by atoms with Gasteiger partial charge < -0.3 is 9.64 Å². The van der Waals surface area contributed by atoms with Gasteiger partial charge in [0.15, 0.2) is 5.78 Å². The van der Waals surface area contributed by atoms with Gasteiger partial charge in [0.05, 0.1) is 13.0 Å². The molecule has 2 rings (SSSR count). The Labute approximate surface area is 132 Å². The SMILES string of the molecule is CCOC(=O)CC(CN1CCCCC1)C(=O)c1ccccc1. The summed E-state index contributed by atoms with van der Waals surface area (Å²) in [4.78, 5) is 26.9. The van der Waals surface area contributed by atoms with E-state index < -0.39 is 0 Å². The molecule has 0 bridgehead atoms. The van der Waals surface area contributed by atoms with Crippen LogP contribution in [0, 0.1) is 5.92 Å². The Kier molecular flexibility index (Phi) is 6.59. The van der Waals surface area contributed by atoms with Crippen molar-refractivity contribution in [3.8, 4) is 0 Å². The highest BCUT2D eigenvalue weighted by Crippen LogP contribution is 2.18. The maximum Gasteiger partial charge on any atom is 0.306 e. The minimum Gasteiger partial charge on any atom is -0.466 e. The topological polar surface area (TPSA) is 46.6 Å². The Balaban J connectivity index is 2.06. The van der Waals surface area contributed by atoms with E-state index in [-0.39, 0.29) is 24.1 Å². The highest BCUT2D eigenvalue weighted by Gasteiger charge is 2.26. The van der Waals surface area contributed by atoms with Crippen molar-refractivity contribution in [3.63, 3.8) is 0 Å². The summed E-state index contributed by atoms with van der Waals surface area (Å²) in [6.07, 6.45) is 3.76. The normalized spacial score (nSPS) is 17.0. The summed E-state index contributed by atoms with van der Waals surface area (Å²) in [6, 6.07) is 9.24. The highest BCUT2D eigenvalue weighted by molar-refractivity contribution is 5.99. The predicted molar refractivity (Wildman–Crippen MR) is 85.8 cm³/mol. The lowest BCUT2D eigenvalue weighted by molar-refractivity contribution is -0.144. The summed E-state index contributed by atoms with van der Waals surface area (Å²) in [6.45, 7) is 4.82. The molecule has 1 aromatic rings. The first-order valence-corrected chi connectivity index (χ1v) is 8.18. The maximum atomic E-state index is 12.7. The molecule has 0 aromatic heterocycles. The molecule has 1 saturated heterocycles. The van der Waals surface area contributed by atoms with Gasteiger partial charge in [0.2, 0.25) is 0 Å². The molecule has 0 aliphatic carbocycles. The second-order valence-corrected chi connectivity index (χ2v) is 5.80. The van der Waals surface area contributed by atoms with Crippen molar-refractivity contribution in [2.45, 2.75) is 32.6 Å². The van der Waals surface area contributed by atoms with E-state index in [9.17, 15) is 9.59 Å². The minimum atomic E-state index is -0.320. The number of hydrogen-bond acceptors (Lipinski definition) is 4. The van der Waals surface area contributed by atoms with Crippen LogP contribution in [-0.4, -0.2) is 42.9 Å². The van der Waals surface area contributed by atoms with Gasteiger partial charge >= 0.3 is 5.97 Å². The molecule has 1 unspecified atom stereocenters. The van der Waals surface area contributed by atoms with Crippen LogP contribution in [0.3, 0.4) is 0 Å². The predicted octanol–water partition coefficient (Wildman–Crippen LogP) is 2.92. The number of likely N-dealkylation sites (tertiary alicyclic amines) is 1. The number of esters is 1. The van der Waals surface area contributed by atoms with Crippen molar-refractivity contribution in [1.82, 2.24) is 4.90 Å². The number of rotatable bonds is 7. The number of piperidine rings is 1. The first-order chi connectivity index (χ1) is 10.7. The average Bonchev–Trinajstić information content (AvgIpc) is 2.55. The van der Waals surface area contributed by atoms with Gasteiger partial charge in [-0.15, -0.1) is 0 Å². The maximum absolute atomic E-state index is 12.7. The fraction of sp³-hybridized carbons (Fsp3) is 0.556. The second kappa shape index (κ2) is 8.69. The van der Waals surface area contributed by atoms with E-state index in [1.165, 1.54) is 19.3 Å². The lowest BCUT2D eigenvalue weighted by atomic mass is 9.93. The molecule has 22 heavy (non-hydrogen) atoms. The molecule has 1 heterocycles. The quantitative estimate of drug-likeness (QED) is 0.574. The molecule has 4 heteroatoms. The van der Waals surface area contributed by atoms with Crippen molar-refractivity contribution in [2.24, 2.45) is 5.92 Å². The van der Waals surface area contributed by atoms with E-state index in [2.05, 4.69) is 4.90 Å². The van der Waals surface area contributed by atoms with Crippen LogP contribution in [0.2, 0.25) is 0 Å². The summed E-state index contributed by atoms with van der Waals surface area (Å²) in [5, 5.41) is 0. The number of hydrogen-bond donors (Lipinski definition) is 0. The second-order valence-electron chi connectivity index (χ2n) is 5.80. The summed E-state index contributed by atoms with van der Waals surface area (Å²) in [5.74, 6) is -0.562. The molecule has 1 aliphatic rings. The van der Waals surface area contributed by atoms with E-state index in [4.69, 9.17) is 4.74 Å². The molecule has 0 amide bonds. The fourth-order valence-electron chi connectivity index (χ4n) is 2.95. The Morgan fingerprint density at radius 2 is 1.82 bits per heavy atom. The number of Topliss-reactive ketones (excluding diaryl/α,β-unsaturated/α-hetero) is 1. The van der Waals surface area contributed by atoms with Gasteiger partial charge in [-0.1, -0.05) is 36.8 Å². The van der Waals surface area contributed by atoms with Crippen LogP contribution in [0.5, 0.6) is 0 Å². The van der Waals surface area contributed by atoms with E-state index in [1.807, 2.05) is 30.3 Å². The molecule has 120 valence electrons. The summed E-state index contributed by atoms with van der Waals surface area (Å²) >= 11 is 0. The number of ketones is 1. The lowest BCUT2D eigenvalue weighted by Gasteiger charge is -2.29. The largest absolute Gasteiger partial charge is 0.466 e. The smallest absolute Gasteiger partial charge is 0.306 e. The molecule has 1 atom stereocenters. The zero-order chi connectivity index (χ0) is 15.8. The Morgan fingerprint density at radius 3 is 2.45 bits per heavy atom. The highest BCUT2D eigenvalue weighted by atomic mass is 16.5. The van der Waals surface area contributed by atoms with Gasteiger partial charge in [-0.3, -0.25) is 9.59 Å². The van der Waals surface area contributed by atoms with E-state index >= 15 is 0 Å². The van der Waals surface area contributed by atoms with Gasteiger partial charge in [0.25, 0.3) is 0 Å². The van der Waals surface area contributed by atoms with Gasteiger partial charge in [0, 0.05) is 18.0 Å². The molecule has 4 nitrogen and oxygen atoms in total. The number of carbonyl (C=O) groups is 2. The number of ether oxygens (including phenoxy) is 1. The molecular weight excluding hydrogens is 278 g/mol. The number of carbonyl (C=O) groups excluding carboxylic acids is 2. The number of benzene rings is 1. The third kappa shape index (κ3) is 4.95. The van der Waals surface area contributed by atoms with Gasteiger partial charge in [-0.25, -0.2) is 0 Å². The molecule has 1 aliphatic heterocycles. The molecule has 1 aromatic carbocycles. The van der Waals surface area contributed by atoms with E-state index in [0.29, 0.717) is 18.7 Å². The van der Waals surface area contributed by atoms with Gasteiger partial charge in [-0.2, -0.15) is 0 Å². The minimum absolute atomic E-state index is 0.0410. The van der Waals surface area contributed by atoms with Crippen molar-refractivity contribution in [3.05, 3.63) is 35.9 Å². The van der Waals surface area contributed by atoms with E-state index in [1.54, 1.807) is 6.92 Å². The monoisotopic (exact) mass is 303 g/mol. The molecule has 0 spiro atoms. The van der Waals surface area contributed by atoms with Crippen molar-refractivity contribution in [2.75, 3.05) is 26.2 Å². The summed E-state index contributed by atoms with van der Waals surface area (Å²) in [7, 11) is 0. The zero-order valence-corrected chi connectivity index (χ0v) is 13.3. The standard InChI is InChI=1S/C18H25NO3/c1-2-22-17(20)13-16(14-19-11-7-4-8-12-19)18(21)15-9-5-3-6-10-15/h3,5-6,9-10,16H,2,4,7-8,11-14H2,1H3. The first-order valence-electron chi connectivity index (χ1n) is 8.18. The van der Waals surface area contributed by atoms with Gasteiger partial charge in [0.1, 0.15) is 0 Å². The van der Waals surface area contributed by atoms with Gasteiger partial charge in [-0.05, 0) is 32.9 Å². The average molecular weight is 303 g/mol. The third-order valence-corrected chi connectivity index (χ3v) is 4.07. The van der Waals surface area contributed by atoms with Crippen molar-refractivity contribution < 1.29 is 14.3 Å². The van der Waals surface area contributed by atoms with Crippen molar-refractivity contribution >= 4 is 11.8 Å².